The largest absolute Gasteiger partial charge is 0.416 e. The molecule has 21 heavy (non-hydrogen) atoms. The third-order valence-corrected chi connectivity index (χ3v) is 3.86. The Kier molecular flexibility index (Phi) is 4.32. The highest BCUT2D eigenvalue weighted by atomic mass is 19.4. The molecule has 0 amide bonds. The maximum atomic E-state index is 12.9. The van der Waals surface area contributed by atoms with Crippen molar-refractivity contribution in [3.8, 4) is 0 Å². The van der Waals surface area contributed by atoms with Crippen LogP contribution in [0.15, 0.2) is 12.1 Å². The molecule has 0 bridgehead atoms. The zero-order chi connectivity index (χ0) is 15.7. The molecule has 7 heteroatoms. The van der Waals surface area contributed by atoms with E-state index in [1.807, 2.05) is 0 Å². The van der Waals surface area contributed by atoms with E-state index in [9.17, 15) is 13.2 Å². The highest BCUT2D eigenvalue weighted by Gasteiger charge is 2.32. The maximum Gasteiger partial charge on any atom is 0.416 e. The summed E-state index contributed by atoms with van der Waals surface area (Å²) in [6.07, 6.45) is -0.373. The number of rotatable bonds is 3. The predicted molar refractivity (Wildman–Crippen MR) is 76.7 cm³/mol. The minimum absolute atomic E-state index is 0.00222. The van der Waals surface area contributed by atoms with Crippen LogP contribution in [0.3, 0.4) is 0 Å². The highest BCUT2D eigenvalue weighted by Crippen LogP contribution is 2.37. The molecule has 1 saturated carbocycles. The van der Waals surface area contributed by atoms with Gasteiger partial charge in [-0.15, -0.1) is 0 Å². The number of hydrazine groups is 1. The quantitative estimate of drug-likeness (QED) is 0.587. The van der Waals surface area contributed by atoms with E-state index in [-0.39, 0.29) is 23.1 Å². The van der Waals surface area contributed by atoms with Gasteiger partial charge in [-0.1, -0.05) is 20.3 Å². The molecule has 1 aromatic rings. The average molecular weight is 302 g/mol. The topological polar surface area (TPSA) is 63.0 Å². The summed E-state index contributed by atoms with van der Waals surface area (Å²) < 4.78 is 38.6. The normalized spacial score (nSPS) is 21.9. The number of pyridine rings is 1. The van der Waals surface area contributed by atoms with Gasteiger partial charge in [0.2, 0.25) is 0 Å². The Labute approximate surface area is 122 Å². The maximum absolute atomic E-state index is 12.9. The van der Waals surface area contributed by atoms with E-state index >= 15 is 0 Å². The van der Waals surface area contributed by atoms with Gasteiger partial charge in [0.15, 0.2) is 0 Å². The van der Waals surface area contributed by atoms with Crippen LogP contribution in [0.1, 0.15) is 45.1 Å². The Hall–Kier alpha value is -1.50. The SMILES string of the molecule is CC1(C)CCCC(Nc2cc(C(F)(F)F)cc(NN)n2)C1. The van der Waals surface area contributed by atoms with Crippen molar-refractivity contribution in [3.05, 3.63) is 17.7 Å². The molecule has 1 fully saturated rings. The summed E-state index contributed by atoms with van der Waals surface area (Å²) in [6, 6.07) is 2.06. The molecule has 0 aromatic carbocycles. The van der Waals surface area contributed by atoms with Gasteiger partial charge in [0.25, 0.3) is 0 Å². The molecule has 1 heterocycles. The van der Waals surface area contributed by atoms with Crippen LogP contribution in [-0.2, 0) is 6.18 Å². The molecule has 4 N–H and O–H groups in total. The predicted octanol–water partition coefficient (Wildman–Crippen LogP) is 3.77. The Morgan fingerprint density at radius 2 is 1.95 bits per heavy atom. The molecular formula is C14H21F3N4. The third-order valence-electron chi connectivity index (χ3n) is 3.86. The van der Waals surface area contributed by atoms with E-state index in [0.717, 1.165) is 37.8 Å². The molecule has 0 radical (unpaired) electrons. The molecule has 1 atom stereocenters. The van der Waals surface area contributed by atoms with Gasteiger partial charge in [-0.05, 0) is 36.8 Å². The number of halogens is 3. The highest BCUT2D eigenvalue weighted by molar-refractivity contribution is 5.49. The summed E-state index contributed by atoms with van der Waals surface area (Å²) in [6.45, 7) is 4.35. The molecule has 1 aliphatic carbocycles. The number of nitrogens with zero attached hydrogens (tertiary/aromatic N) is 1. The van der Waals surface area contributed by atoms with Crippen molar-refractivity contribution in [2.45, 2.75) is 51.7 Å². The molecular weight excluding hydrogens is 281 g/mol. The van der Waals surface area contributed by atoms with Crippen molar-refractivity contribution >= 4 is 11.6 Å². The second kappa shape index (κ2) is 5.71. The Balaban J connectivity index is 2.19. The number of alkyl halides is 3. The van der Waals surface area contributed by atoms with Crippen LogP contribution in [0.5, 0.6) is 0 Å². The van der Waals surface area contributed by atoms with E-state index in [0.29, 0.717) is 0 Å². The van der Waals surface area contributed by atoms with E-state index in [2.05, 4.69) is 29.6 Å². The smallest absolute Gasteiger partial charge is 0.367 e. The van der Waals surface area contributed by atoms with Gasteiger partial charge in [0, 0.05) is 6.04 Å². The second-order valence-corrected chi connectivity index (χ2v) is 6.37. The molecule has 1 aromatic heterocycles. The zero-order valence-electron chi connectivity index (χ0n) is 12.2. The molecule has 1 unspecified atom stereocenters. The van der Waals surface area contributed by atoms with Crippen LogP contribution in [0.25, 0.3) is 0 Å². The summed E-state index contributed by atoms with van der Waals surface area (Å²) >= 11 is 0. The van der Waals surface area contributed by atoms with E-state index in [1.165, 1.54) is 0 Å². The summed E-state index contributed by atoms with van der Waals surface area (Å²) in [4.78, 5) is 4.06. The number of nitrogens with two attached hydrogens (primary N) is 1. The van der Waals surface area contributed by atoms with Crippen molar-refractivity contribution in [2.75, 3.05) is 10.7 Å². The standard InChI is InChI=1S/C14H21F3N4/c1-13(2)5-3-4-10(8-13)19-11-6-9(14(15,16)17)7-12(20-11)21-18/h6-7,10H,3-5,8,18H2,1-2H3,(H2,19,20,21). The first-order chi connectivity index (χ1) is 9.69. The molecule has 1 aliphatic rings. The lowest BCUT2D eigenvalue weighted by Gasteiger charge is -2.35. The second-order valence-electron chi connectivity index (χ2n) is 6.37. The van der Waals surface area contributed by atoms with Crippen LogP contribution in [0, 0.1) is 5.41 Å². The van der Waals surface area contributed by atoms with Gasteiger partial charge in [-0.3, -0.25) is 0 Å². The average Bonchev–Trinajstić information content (AvgIpc) is 2.36. The zero-order valence-corrected chi connectivity index (χ0v) is 12.2. The Morgan fingerprint density at radius 1 is 1.29 bits per heavy atom. The monoisotopic (exact) mass is 302 g/mol. The number of anilines is 2. The Morgan fingerprint density at radius 3 is 2.52 bits per heavy atom. The van der Waals surface area contributed by atoms with Crippen LogP contribution in [-0.4, -0.2) is 11.0 Å². The number of hydrogen-bond acceptors (Lipinski definition) is 4. The van der Waals surface area contributed by atoms with Gasteiger partial charge >= 0.3 is 6.18 Å². The first-order valence-electron chi connectivity index (χ1n) is 7.02. The number of nitrogen functional groups attached to an aromatic ring is 1. The van der Waals surface area contributed by atoms with Crippen molar-refractivity contribution in [1.29, 1.82) is 0 Å². The molecule has 0 saturated heterocycles. The van der Waals surface area contributed by atoms with Crippen molar-refractivity contribution < 1.29 is 13.2 Å². The van der Waals surface area contributed by atoms with Gasteiger partial charge in [-0.25, -0.2) is 10.8 Å². The first kappa shape index (κ1) is 15.9. The lowest BCUT2D eigenvalue weighted by molar-refractivity contribution is -0.137. The van der Waals surface area contributed by atoms with E-state index < -0.39 is 11.7 Å². The number of nitrogens with one attached hydrogen (secondary N) is 2. The fourth-order valence-electron chi connectivity index (χ4n) is 2.87. The molecule has 0 spiro atoms. The molecule has 118 valence electrons. The van der Waals surface area contributed by atoms with Crippen LogP contribution in [0.2, 0.25) is 0 Å². The van der Waals surface area contributed by atoms with Gasteiger partial charge in [0.05, 0.1) is 5.56 Å². The van der Waals surface area contributed by atoms with E-state index in [4.69, 9.17) is 5.84 Å². The summed E-state index contributed by atoms with van der Waals surface area (Å²) in [7, 11) is 0. The van der Waals surface area contributed by atoms with Crippen LogP contribution < -0.4 is 16.6 Å². The van der Waals surface area contributed by atoms with Crippen molar-refractivity contribution in [1.82, 2.24) is 4.98 Å². The summed E-state index contributed by atoms with van der Waals surface area (Å²) in [5.74, 6) is 5.41. The van der Waals surface area contributed by atoms with Gasteiger partial charge in [-0.2, -0.15) is 13.2 Å². The van der Waals surface area contributed by atoms with Crippen LogP contribution >= 0.6 is 0 Å². The number of hydrogen-bond donors (Lipinski definition) is 3. The molecule has 4 nitrogen and oxygen atoms in total. The molecule has 2 rings (SSSR count). The van der Waals surface area contributed by atoms with Crippen molar-refractivity contribution in [3.63, 3.8) is 0 Å². The third kappa shape index (κ3) is 4.23. The number of aromatic nitrogens is 1. The minimum atomic E-state index is -4.42. The van der Waals surface area contributed by atoms with Gasteiger partial charge < -0.3 is 10.7 Å². The fraction of sp³-hybridized carbons (Fsp3) is 0.643. The van der Waals surface area contributed by atoms with Gasteiger partial charge in [0.1, 0.15) is 11.6 Å². The lowest BCUT2D eigenvalue weighted by Crippen LogP contribution is -2.32. The Bertz CT molecular complexity index is 499. The first-order valence-corrected chi connectivity index (χ1v) is 7.02. The fourth-order valence-corrected chi connectivity index (χ4v) is 2.87. The minimum Gasteiger partial charge on any atom is -0.367 e. The summed E-state index contributed by atoms with van der Waals surface area (Å²) in [5.41, 5.74) is 1.62. The van der Waals surface area contributed by atoms with E-state index in [1.54, 1.807) is 0 Å². The molecule has 0 aliphatic heterocycles. The summed E-state index contributed by atoms with van der Waals surface area (Å²) in [5, 5.41) is 3.12. The van der Waals surface area contributed by atoms with Crippen LogP contribution in [0.4, 0.5) is 24.8 Å². The lowest BCUT2D eigenvalue weighted by atomic mass is 9.75. The van der Waals surface area contributed by atoms with Crippen molar-refractivity contribution in [2.24, 2.45) is 11.3 Å².